The van der Waals surface area contributed by atoms with E-state index in [2.05, 4.69) is 26.8 Å². The molecule has 0 saturated heterocycles. The number of rotatable bonds is 8. The number of hydrogen-bond donors (Lipinski definition) is 2. The van der Waals surface area contributed by atoms with E-state index in [4.69, 9.17) is 20.5 Å². The van der Waals surface area contributed by atoms with Gasteiger partial charge in [0.05, 0.1) is 12.7 Å². The van der Waals surface area contributed by atoms with E-state index in [1.807, 2.05) is 13.0 Å². The van der Waals surface area contributed by atoms with Gasteiger partial charge in [0, 0.05) is 24.2 Å². The highest BCUT2D eigenvalue weighted by Gasteiger charge is 2.43. The Morgan fingerprint density at radius 3 is 2.63 bits per heavy atom. The summed E-state index contributed by atoms with van der Waals surface area (Å²) in [5.41, 5.74) is 5.99. The third-order valence-corrected chi connectivity index (χ3v) is 4.52. The van der Waals surface area contributed by atoms with Gasteiger partial charge in [0.1, 0.15) is 24.1 Å². The Bertz CT molecular complexity index is 904. The average Bonchev–Trinajstić information content (AvgIpc) is 2.74. The van der Waals surface area contributed by atoms with Crippen LogP contribution in [0, 0.1) is 11.3 Å². The molecule has 9 nitrogen and oxygen atoms in total. The minimum Gasteiger partial charge on any atom is -0.481 e. The van der Waals surface area contributed by atoms with Gasteiger partial charge in [0.25, 0.3) is 0 Å². The lowest BCUT2D eigenvalue weighted by Gasteiger charge is -2.39. The lowest BCUT2D eigenvalue weighted by molar-refractivity contribution is -0.143. The number of methoxy groups -OCH3 is 1. The number of nitriles is 1. The molecule has 2 heterocycles. The maximum Gasteiger partial charge on any atom is 0.243 e. The van der Waals surface area contributed by atoms with Crippen LogP contribution in [0.15, 0.2) is 42.9 Å². The van der Waals surface area contributed by atoms with Crippen molar-refractivity contribution in [3.8, 4) is 11.9 Å². The summed E-state index contributed by atoms with van der Waals surface area (Å²) in [4.78, 5) is 23.3. The fourth-order valence-corrected chi connectivity index (χ4v) is 2.62. The molecule has 158 valence electrons. The number of carbonyl (C=O) groups excluding carboxylic acids is 1. The largest absolute Gasteiger partial charge is 0.481 e. The van der Waals surface area contributed by atoms with Gasteiger partial charge in [-0.15, -0.1) is 0 Å². The first-order valence-corrected chi connectivity index (χ1v) is 9.53. The minimum absolute atomic E-state index is 0.111. The Morgan fingerprint density at radius 1 is 1.37 bits per heavy atom. The van der Waals surface area contributed by atoms with Crippen LogP contribution in [0.25, 0.3) is 0 Å². The summed E-state index contributed by atoms with van der Waals surface area (Å²) in [5, 5.41) is 11.6. The van der Waals surface area contributed by atoms with Crippen LogP contribution in [0.1, 0.15) is 44.0 Å². The van der Waals surface area contributed by atoms with E-state index in [0.29, 0.717) is 17.3 Å². The van der Waals surface area contributed by atoms with Gasteiger partial charge < -0.3 is 20.5 Å². The fourth-order valence-electron chi connectivity index (χ4n) is 2.62. The SMILES string of the molecule is C=C(CC)Nc1ccc(C#N)cn1.COc1ccnc(C2(OCC(N)=O)CCC2)n1. The van der Waals surface area contributed by atoms with E-state index >= 15 is 0 Å². The molecule has 0 bridgehead atoms. The third kappa shape index (κ3) is 6.25. The Hall–Kier alpha value is -3.51. The molecule has 0 radical (unpaired) electrons. The molecular weight excluding hydrogens is 384 g/mol. The summed E-state index contributed by atoms with van der Waals surface area (Å²) in [7, 11) is 1.55. The summed E-state index contributed by atoms with van der Waals surface area (Å²) in [6.45, 7) is 5.70. The minimum atomic E-state index is -0.566. The highest BCUT2D eigenvalue weighted by atomic mass is 16.5. The van der Waals surface area contributed by atoms with Crippen LogP contribution in [-0.4, -0.2) is 34.6 Å². The molecule has 3 rings (SSSR count). The molecule has 0 aliphatic heterocycles. The number of anilines is 1. The molecule has 30 heavy (non-hydrogen) atoms. The molecule has 1 aliphatic carbocycles. The number of hydrogen-bond acceptors (Lipinski definition) is 8. The number of nitrogens with two attached hydrogens (primary N) is 1. The summed E-state index contributed by atoms with van der Waals surface area (Å²) < 4.78 is 10.6. The van der Waals surface area contributed by atoms with E-state index in [0.717, 1.165) is 37.2 Å². The highest BCUT2D eigenvalue weighted by Crippen LogP contribution is 2.43. The lowest BCUT2D eigenvalue weighted by Crippen LogP contribution is -2.41. The van der Waals surface area contributed by atoms with Crippen LogP contribution in [0.5, 0.6) is 5.88 Å². The number of allylic oxidation sites excluding steroid dienone is 1. The highest BCUT2D eigenvalue weighted by molar-refractivity contribution is 5.75. The Kier molecular flexibility index (Phi) is 8.26. The van der Waals surface area contributed by atoms with Crippen LogP contribution >= 0.6 is 0 Å². The van der Waals surface area contributed by atoms with Crippen molar-refractivity contribution >= 4 is 11.7 Å². The summed E-state index contributed by atoms with van der Waals surface area (Å²) >= 11 is 0. The zero-order chi connectivity index (χ0) is 22.0. The van der Waals surface area contributed by atoms with E-state index in [1.54, 1.807) is 31.5 Å². The molecule has 1 fully saturated rings. The number of nitrogens with zero attached hydrogens (tertiary/aromatic N) is 4. The van der Waals surface area contributed by atoms with E-state index in [9.17, 15) is 4.79 Å². The molecule has 2 aromatic heterocycles. The van der Waals surface area contributed by atoms with Crippen LogP contribution in [0.3, 0.4) is 0 Å². The van der Waals surface area contributed by atoms with Crippen molar-refractivity contribution in [2.24, 2.45) is 5.73 Å². The molecule has 3 N–H and O–H groups in total. The van der Waals surface area contributed by atoms with E-state index in [1.165, 1.54) is 6.20 Å². The van der Waals surface area contributed by atoms with Crippen LogP contribution < -0.4 is 15.8 Å². The van der Waals surface area contributed by atoms with Crippen LogP contribution in [-0.2, 0) is 15.1 Å². The normalized spacial score (nSPS) is 13.6. The van der Waals surface area contributed by atoms with Crippen molar-refractivity contribution in [2.75, 3.05) is 19.0 Å². The summed E-state index contributed by atoms with van der Waals surface area (Å²) in [6, 6.07) is 7.16. The van der Waals surface area contributed by atoms with Gasteiger partial charge in [-0.25, -0.2) is 9.97 Å². The number of carbonyl (C=O) groups is 1. The second-order valence-electron chi connectivity index (χ2n) is 6.65. The number of aromatic nitrogens is 3. The molecule has 9 heteroatoms. The van der Waals surface area contributed by atoms with Crippen LogP contribution in [0.2, 0.25) is 0 Å². The predicted molar refractivity (Wildman–Crippen MR) is 111 cm³/mol. The van der Waals surface area contributed by atoms with Crippen molar-refractivity contribution < 1.29 is 14.3 Å². The Balaban J connectivity index is 0.000000222. The second-order valence-corrected chi connectivity index (χ2v) is 6.65. The number of pyridine rings is 1. The number of amides is 1. The monoisotopic (exact) mass is 410 g/mol. The van der Waals surface area contributed by atoms with Crippen molar-refractivity contribution in [2.45, 2.75) is 38.2 Å². The quantitative estimate of drug-likeness (QED) is 0.678. The molecule has 0 unspecified atom stereocenters. The van der Waals surface area contributed by atoms with Gasteiger partial charge in [-0.3, -0.25) is 4.79 Å². The van der Waals surface area contributed by atoms with Crippen molar-refractivity contribution in [3.63, 3.8) is 0 Å². The molecule has 0 aromatic carbocycles. The van der Waals surface area contributed by atoms with E-state index < -0.39 is 11.5 Å². The number of primary amides is 1. The van der Waals surface area contributed by atoms with Gasteiger partial charge >= 0.3 is 0 Å². The Morgan fingerprint density at radius 2 is 2.13 bits per heavy atom. The zero-order valence-electron chi connectivity index (χ0n) is 17.2. The molecular formula is C21H26N6O3. The van der Waals surface area contributed by atoms with Crippen molar-refractivity contribution in [1.29, 1.82) is 5.26 Å². The summed E-state index contributed by atoms with van der Waals surface area (Å²) in [6.07, 6.45) is 6.64. The molecule has 1 saturated carbocycles. The van der Waals surface area contributed by atoms with Crippen LogP contribution in [0.4, 0.5) is 5.82 Å². The first kappa shape index (κ1) is 22.8. The maximum atomic E-state index is 10.8. The van der Waals surface area contributed by atoms with E-state index in [-0.39, 0.29) is 6.61 Å². The molecule has 0 atom stereocenters. The van der Waals surface area contributed by atoms with Gasteiger partial charge in [0.2, 0.25) is 11.8 Å². The first-order valence-electron chi connectivity index (χ1n) is 9.53. The second kappa shape index (κ2) is 10.9. The van der Waals surface area contributed by atoms with Gasteiger partial charge in [-0.2, -0.15) is 10.2 Å². The molecule has 0 spiro atoms. The maximum absolute atomic E-state index is 10.8. The zero-order valence-corrected chi connectivity index (χ0v) is 17.2. The average molecular weight is 410 g/mol. The molecule has 1 amide bonds. The fraction of sp³-hybridized carbons (Fsp3) is 0.381. The van der Waals surface area contributed by atoms with Crippen molar-refractivity contribution in [3.05, 3.63) is 54.3 Å². The summed E-state index contributed by atoms with van der Waals surface area (Å²) in [5.74, 6) is 1.29. The van der Waals surface area contributed by atoms with Gasteiger partial charge in [-0.1, -0.05) is 13.5 Å². The first-order chi connectivity index (χ1) is 14.4. The van der Waals surface area contributed by atoms with Crippen molar-refractivity contribution in [1.82, 2.24) is 15.0 Å². The van der Waals surface area contributed by atoms with Gasteiger partial charge in [0.15, 0.2) is 5.82 Å². The number of nitrogens with one attached hydrogen (secondary N) is 1. The third-order valence-electron chi connectivity index (χ3n) is 4.52. The topological polar surface area (TPSA) is 136 Å². The number of ether oxygens (including phenoxy) is 2. The molecule has 2 aromatic rings. The predicted octanol–water partition coefficient (Wildman–Crippen LogP) is 2.66. The van der Waals surface area contributed by atoms with Gasteiger partial charge in [-0.05, 0) is 37.8 Å². The standard InChI is InChI=1S/C11H15N3O3.C10H11N3/c1-16-9-3-6-13-10(14-9)11(4-2-5-11)17-7-8(12)15;1-3-8(2)13-10-5-4-9(6-11)7-12-10/h3,6H,2,4-5,7H2,1H3,(H2,12,15);4-5,7H,2-3H2,1H3,(H,12,13). The molecule has 1 aliphatic rings. The Labute approximate surface area is 176 Å². The smallest absolute Gasteiger partial charge is 0.243 e. The lowest BCUT2D eigenvalue weighted by atomic mass is 9.79.